The molecule has 2 rings (SSSR count). The van der Waals surface area contributed by atoms with Crippen LogP contribution in [0.1, 0.15) is 28.6 Å². The first kappa shape index (κ1) is 15.2. The number of alkyl halides is 3. The van der Waals surface area contributed by atoms with Gasteiger partial charge in [-0.05, 0) is 32.0 Å². The van der Waals surface area contributed by atoms with Crippen molar-refractivity contribution >= 4 is 5.97 Å². The Morgan fingerprint density at radius 1 is 1.24 bits per heavy atom. The van der Waals surface area contributed by atoms with Gasteiger partial charge in [-0.1, -0.05) is 12.1 Å². The van der Waals surface area contributed by atoms with Crippen LogP contribution >= 0.6 is 0 Å². The van der Waals surface area contributed by atoms with E-state index in [4.69, 9.17) is 9.15 Å². The van der Waals surface area contributed by atoms with Crippen molar-refractivity contribution in [1.82, 2.24) is 0 Å². The third kappa shape index (κ3) is 3.26. The predicted molar refractivity (Wildman–Crippen MR) is 69.8 cm³/mol. The minimum absolute atomic E-state index is 0.235. The second-order valence-electron chi connectivity index (χ2n) is 4.38. The van der Waals surface area contributed by atoms with E-state index in [9.17, 15) is 18.0 Å². The van der Waals surface area contributed by atoms with Crippen molar-refractivity contribution < 1.29 is 27.1 Å². The molecule has 1 aromatic heterocycles. The van der Waals surface area contributed by atoms with Gasteiger partial charge in [0.2, 0.25) is 0 Å². The molecule has 0 unspecified atom stereocenters. The van der Waals surface area contributed by atoms with Crippen LogP contribution < -0.4 is 0 Å². The number of halogens is 3. The molecule has 21 heavy (non-hydrogen) atoms. The Hall–Kier alpha value is -2.24. The van der Waals surface area contributed by atoms with Crippen LogP contribution in [0.2, 0.25) is 0 Å². The number of esters is 1. The lowest BCUT2D eigenvalue weighted by Gasteiger charge is -2.06. The first-order valence-electron chi connectivity index (χ1n) is 6.28. The monoisotopic (exact) mass is 298 g/mol. The van der Waals surface area contributed by atoms with Gasteiger partial charge in [0.05, 0.1) is 12.2 Å². The summed E-state index contributed by atoms with van der Waals surface area (Å²) in [6.45, 7) is 3.52. The van der Waals surface area contributed by atoms with Gasteiger partial charge < -0.3 is 9.15 Å². The van der Waals surface area contributed by atoms with Crippen molar-refractivity contribution in [2.75, 3.05) is 6.61 Å². The van der Waals surface area contributed by atoms with E-state index in [1.807, 2.05) is 0 Å². The predicted octanol–water partition coefficient (Wildman–Crippen LogP) is 4.45. The SMILES string of the molecule is CCOC(=O)c1cc(-c2ccc(C(F)(F)F)cc2)oc1C. The Balaban J connectivity index is 2.31. The van der Waals surface area contributed by atoms with Crippen LogP contribution in [-0.4, -0.2) is 12.6 Å². The molecule has 0 aliphatic carbocycles. The average Bonchev–Trinajstić information content (AvgIpc) is 2.80. The van der Waals surface area contributed by atoms with Gasteiger partial charge in [-0.25, -0.2) is 4.79 Å². The molecule has 0 bridgehead atoms. The number of hydrogen-bond acceptors (Lipinski definition) is 3. The topological polar surface area (TPSA) is 39.4 Å². The lowest BCUT2D eigenvalue weighted by molar-refractivity contribution is -0.137. The van der Waals surface area contributed by atoms with Crippen LogP contribution in [-0.2, 0) is 10.9 Å². The van der Waals surface area contributed by atoms with E-state index in [0.717, 1.165) is 12.1 Å². The zero-order chi connectivity index (χ0) is 15.6. The van der Waals surface area contributed by atoms with Crippen LogP contribution in [0.15, 0.2) is 34.7 Å². The number of furan rings is 1. The van der Waals surface area contributed by atoms with Crippen LogP contribution in [0, 0.1) is 6.92 Å². The van der Waals surface area contributed by atoms with E-state index in [0.29, 0.717) is 17.1 Å². The van der Waals surface area contributed by atoms with Gasteiger partial charge >= 0.3 is 12.1 Å². The summed E-state index contributed by atoms with van der Waals surface area (Å²) in [6.07, 6.45) is -4.38. The van der Waals surface area contributed by atoms with Crippen LogP contribution in [0.3, 0.4) is 0 Å². The molecule has 0 atom stereocenters. The Labute approximate surface area is 119 Å². The van der Waals surface area contributed by atoms with Crippen molar-refractivity contribution in [3.8, 4) is 11.3 Å². The molecule has 0 spiro atoms. The zero-order valence-corrected chi connectivity index (χ0v) is 11.5. The van der Waals surface area contributed by atoms with Crippen LogP contribution in [0.5, 0.6) is 0 Å². The number of hydrogen-bond donors (Lipinski definition) is 0. The standard InChI is InChI=1S/C15H13F3O3/c1-3-20-14(19)12-8-13(21-9(12)2)10-4-6-11(7-5-10)15(16,17)18/h4-8H,3H2,1-2H3. The Morgan fingerprint density at radius 2 is 1.86 bits per heavy atom. The molecule has 0 fully saturated rings. The van der Waals surface area contributed by atoms with Gasteiger partial charge in [0, 0.05) is 5.56 Å². The molecule has 2 aromatic rings. The molecule has 112 valence electrons. The summed E-state index contributed by atoms with van der Waals surface area (Å²) in [5, 5.41) is 0. The largest absolute Gasteiger partial charge is 0.462 e. The Bertz CT molecular complexity index is 639. The maximum atomic E-state index is 12.5. The van der Waals surface area contributed by atoms with E-state index in [1.165, 1.54) is 18.2 Å². The van der Waals surface area contributed by atoms with Crippen LogP contribution in [0.25, 0.3) is 11.3 Å². The Morgan fingerprint density at radius 3 is 2.38 bits per heavy atom. The van der Waals surface area contributed by atoms with Gasteiger partial charge in [-0.3, -0.25) is 0 Å². The van der Waals surface area contributed by atoms with E-state index >= 15 is 0 Å². The summed E-state index contributed by atoms with van der Waals surface area (Å²) in [7, 11) is 0. The molecule has 1 heterocycles. The highest BCUT2D eigenvalue weighted by atomic mass is 19.4. The zero-order valence-electron chi connectivity index (χ0n) is 11.5. The van der Waals surface area contributed by atoms with Crippen molar-refractivity contribution in [2.45, 2.75) is 20.0 Å². The van der Waals surface area contributed by atoms with Gasteiger partial charge in [0.25, 0.3) is 0 Å². The lowest BCUT2D eigenvalue weighted by atomic mass is 10.1. The third-order valence-electron chi connectivity index (χ3n) is 2.91. The van der Waals surface area contributed by atoms with E-state index < -0.39 is 17.7 Å². The summed E-state index contributed by atoms with van der Waals surface area (Å²) in [6, 6.07) is 6.01. The van der Waals surface area contributed by atoms with Crippen molar-refractivity contribution in [3.05, 3.63) is 47.2 Å². The quantitative estimate of drug-likeness (QED) is 0.786. The summed E-state index contributed by atoms with van der Waals surface area (Å²) < 4.78 is 47.8. The maximum absolute atomic E-state index is 12.5. The number of rotatable bonds is 3. The molecule has 3 nitrogen and oxygen atoms in total. The summed E-state index contributed by atoms with van der Waals surface area (Å²) in [5.74, 6) is 0.171. The smallest absolute Gasteiger partial charge is 0.416 e. The highest BCUT2D eigenvalue weighted by Crippen LogP contribution is 2.32. The molecular formula is C15H13F3O3. The van der Waals surface area contributed by atoms with Gasteiger partial charge in [0.15, 0.2) is 0 Å². The second kappa shape index (κ2) is 5.63. The molecule has 6 heteroatoms. The number of aryl methyl sites for hydroxylation is 1. The highest BCUT2D eigenvalue weighted by Gasteiger charge is 2.30. The number of ether oxygens (including phenoxy) is 1. The van der Waals surface area contributed by atoms with E-state index in [-0.39, 0.29) is 12.2 Å². The van der Waals surface area contributed by atoms with E-state index in [1.54, 1.807) is 13.8 Å². The summed E-state index contributed by atoms with van der Waals surface area (Å²) >= 11 is 0. The van der Waals surface area contributed by atoms with Gasteiger partial charge in [-0.15, -0.1) is 0 Å². The first-order chi connectivity index (χ1) is 9.82. The summed E-state index contributed by atoms with van der Waals surface area (Å²) in [5.41, 5.74) is -0.00598. The normalized spacial score (nSPS) is 11.5. The fourth-order valence-corrected chi connectivity index (χ4v) is 1.86. The molecule has 0 aliphatic rings. The van der Waals surface area contributed by atoms with Crippen LogP contribution in [0.4, 0.5) is 13.2 Å². The van der Waals surface area contributed by atoms with Crippen molar-refractivity contribution in [2.24, 2.45) is 0 Å². The molecule has 0 saturated carbocycles. The molecule has 0 amide bonds. The fourth-order valence-electron chi connectivity index (χ4n) is 1.86. The Kier molecular flexibility index (Phi) is 4.06. The minimum Gasteiger partial charge on any atom is -0.462 e. The first-order valence-corrected chi connectivity index (χ1v) is 6.28. The number of carbonyl (C=O) groups is 1. The van der Waals surface area contributed by atoms with Crippen molar-refractivity contribution in [1.29, 1.82) is 0 Å². The molecule has 0 radical (unpaired) electrons. The average molecular weight is 298 g/mol. The van der Waals surface area contributed by atoms with E-state index in [2.05, 4.69) is 0 Å². The number of benzene rings is 1. The van der Waals surface area contributed by atoms with Gasteiger partial charge in [0.1, 0.15) is 17.1 Å². The minimum atomic E-state index is -4.38. The molecule has 0 N–H and O–H groups in total. The molecule has 0 aliphatic heterocycles. The van der Waals surface area contributed by atoms with Crippen molar-refractivity contribution in [3.63, 3.8) is 0 Å². The summed E-state index contributed by atoms with van der Waals surface area (Å²) in [4.78, 5) is 11.7. The molecule has 1 aromatic carbocycles. The number of carbonyl (C=O) groups excluding carboxylic acids is 1. The molecule has 0 saturated heterocycles. The third-order valence-corrected chi connectivity index (χ3v) is 2.91. The lowest BCUT2D eigenvalue weighted by Crippen LogP contribution is -2.04. The fraction of sp³-hybridized carbons (Fsp3) is 0.267. The molecular weight excluding hydrogens is 285 g/mol. The van der Waals surface area contributed by atoms with Gasteiger partial charge in [-0.2, -0.15) is 13.2 Å². The highest BCUT2D eigenvalue weighted by molar-refractivity contribution is 5.91. The second-order valence-corrected chi connectivity index (χ2v) is 4.38. The maximum Gasteiger partial charge on any atom is 0.416 e.